The summed E-state index contributed by atoms with van der Waals surface area (Å²) >= 11 is 12.2. The minimum absolute atomic E-state index is 0.0529. The van der Waals surface area contributed by atoms with Crippen molar-refractivity contribution in [3.63, 3.8) is 0 Å². The Kier molecular flexibility index (Phi) is 6.22. The summed E-state index contributed by atoms with van der Waals surface area (Å²) < 4.78 is 25.6. The lowest BCUT2D eigenvalue weighted by atomic mass is 10.0. The fourth-order valence-corrected chi connectivity index (χ4v) is 5.39. The second-order valence-corrected chi connectivity index (χ2v) is 10.5. The molecule has 2 heterocycles. The van der Waals surface area contributed by atoms with Crippen LogP contribution in [0.4, 0.5) is 5.69 Å². The van der Waals surface area contributed by atoms with E-state index in [0.717, 1.165) is 6.26 Å². The quantitative estimate of drug-likeness (QED) is 0.581. The number of sulfone groups is 1. The van der Waals surface area contributed by atoms with Gasteiger partial charge >= 0.3 is 0 Å². The molecule has 0 aliphatic carbocycles. The van der Waals surface area contributed by atoms with Crippen molar-refractivity contribution < 1.29 is 18.0 Å². The van der Waals surface area contributed by atoms with Crippen molar-refractivity contribution in [1.82, 2.24) is 15.1 Å². The second kappa shape index (κ2) is 8.81. The number of aryl methyl sites for hydroxylation is 1. The first-order chi connectivity index (χ1) is 15.6. The summed E-state index contributed by atoms with van der Waals surface area (Å²) in [5, 5.41) is 7.65. The molecule has 33 heavy (non-hydrogen) atoms. The van der Waals surface area contributed by atoms with E-state index < -0.39 is 15.9 Å². The molecule has 2 amide bonds. The average Bonchev–Trinajstić information content (AvgIpc) is 3.15. The molecule has 1 atom stereocenters. The zero-order valence-electron chi connectivity index (χ0n) is 17.7. The summed E-state index contributed by atoms with van der Waals surface area (Å²) in [5.41, 5.74) is 1.74. The molecule has 3 aromatic rings. The zero-order valence-corrected chi connectivity index (χ0v) is 20.1. The molecule has 11 heteroatoms. The van der Waals surface area contributed by atoms with Crippen LogP contribution in [-0.4, -0.2) is 42.8 Å². The number of benzene rings is 2. The predicted octanol–water partition coefficient (Wildman–Crippen LogP) is 3.65. The molecule has 0 saturated heterocycles. The summed E-state index contributed by atoms with van der Waals surface area (Å²) in [7, 11) is -1.88. The number of amides is 2. The number of nitrogens with zero attached hydrogens (tertiary/aromatic N) is 3. The number of carbonyl (C=O) groups is 2. The second-order valence-electron chi connectivity index (χ2n) is 7.71. The summed E-state index contributed by atoms with van der Waals surface area (Å²) in [5.74, 6) is -0.713. The number of hydrogen-bond donors (Lipinski definition) is 1. The van der Waals surface area contributed by atoms with E-state index in [0.29, 0.717) is 34.9 Å². The SMILES string of the molecule is Cn1ncc2c1C(NC(=O)c1ccccc1Cl)CCN2C(=O)c1ccc(Cl)c(S(C)(=O)=O)c1. The van der Waals surface area contributed by atoms with Crippen LogP contribution in [-0.2, 0) is 16.9 Å². The molecule has 8 nitrogen and oxygen atoms in total. The molecule has 1 aromatic heterocycles. The van der Waals surface area contributed by atoms with Gasteiger partial charge in [0.15, 0.2) is 9.84 Å². The Balaban J connectivity index is 1.64. The first kappa shape index (κ1) is 23.3. The van der Waals surface area contributed by atoms with Crippen molar-refractivity contribution in [2.75, 3.05) is 17.7 Å². The van der Waals surface area contributed by atoms with Gasteiger partial charge in [0.1, 0.15) is 0 Å². The highest BCUT2D eigenvalue weighted by Crippen LogP contribution is 2.35. The summed E-state index contributed by atoms with van der Waals surface area (Å²) in [6.07, 6.45) is 3.02. The summed E-state index contributed by atoms with van der Waals surface area (Å²) in [6.45, 7) is 0.293. The standard InChI is InChI=1S/C22H20Cl2N4O4S/c1-27-20-17(26-21(29)14-5-3-4-6-15(14)23)9-10-28(18(20)12-25-27)22(30)13-7-8-16(24)19(11-13)33(2,31)32/h3-8,11-12,17H,9-10H2,1-2H3,(H,26,29). The molecule has 0 radical (unpaired) electrons. The maximum Gasteiger partial charge on any atom is 0.258 e. The van der Waals surface area contributed by atoms with E-state index in [9.17, 15) is 18.0 Å². The maximum atomic E-state index is 13.3. The van der Waals surface area contributed by atoms with Crippen LogP contribution < -0.4 is 10.2 Å². The van der Waals surface area contributed by atoms with Crippen molar-refractivity contribution in [2.45, 2.75) is 17.4 Å². The van der Waals surface area contributed by atoms with Crippen molar-refractivity contribution in [3.05, 3.63) is 75.5 Å². The van der Waals surface area contributed by atoms with Crippen LogP contribution in [0.5, 0.6) is 0 Å². The molecule has 1 unspecified atom stereocenters. The smallest absolute Gasteiger partial charge is 0.258 e. The van der Waals surface area contributed by atoms with Crippen LogP contribution in [0.1, 0.15) is 38.9 Å². The van der Waals surface area contributed by atoms with Crippen molar-refractivity contribution in [1.29, 1.82) is 0 Å². The van der Waals surface area contributed by atoms with E-state index in [1.807, 2.05) is 0 Å². The Hall–Kier alpha value is -2.88. The van der Waals surface area contributed by atoms with Crippen LogP contribution in [0.3, 0.4) is 0 Å². The van der Waals surface area contributed by atoms with Gasteiger partial charge < -0.3 is 10.2 Å². The van der Waals surface area contributed by atoms with Crippen LogP contribution in [0.15, 0.2) is 53.6 Å². The first-order valence-corrected chi connectivity index (χ1v) is 12.6. The van der Waals surface area contributed by atoms with E-state index in [1.165, 1.54) is 23.1 Å². The lowest BCUT2D eigenvalue weighted by Gasteiger charge is -2.32. The number of hydrogen-bond acceptors (Lipinski definition) is 5. The number of anilines is 1. The third kappa shape index (κ3) is 4.48. The topological polar surface area (TPSA) is 101 Å². The van der Waals surface area contributed by atoms with Crippen molar-refractivity contribution >= 4 is 50.5 Å². The van der Waals surface area contributed by atoms with Crippen LogP contribution in [0.25, 0.3) is 0 Å². The van der Waals surface area contributed by atoms with E-state index in [1.54, 1.807) is 42.2 Å². The van der Waals surface area contributed by atoms with Gasteiger partial charge in [-0.05, 0) is 36.8 Å². The molecule has 0 bridgehead atoms. The number of nitrogens with one attached hydrogen (secondary N) is 1. The summed E-state index contributed by atoms with van der Waals surface area (Å²) in [4.78, 5) is 27.5. The highest BCUT2D eigenvalue weighted by atomic mass is 35.5. The Labute approximate surface area is 201 Å². The third-order valence-corrected chi connectivity index (χ3v) is 7.38. The molecule has 0 spiro atoms. The largest absolute Gasteiger partial charge is 0.343 e. The number of carbonyl (C=O) groups excluding carboxylic acids is 2. The fraction of sp³-hybridized carbons (Fsp3) is 0.227. The van der Waals surface area contributed by atoms with Crippen LogP contribution in [0.2, 0.25) is 10.0 Å². The van der Waals surface area contributed by atoms with Gasteiger partial charge in [-0.2, -0.15) is 5.10 Å². The molecule has 4 rings (SSSR count). The highest BCUT2D eigenvalue weighted by Gasteiger charge is 2.34. The summed E-state index contributed by atoms with van der Waals surface area (Å²) in [6, 6.07) is 10.5. The lowest BCUT2D eigenvalue weighted by molar-refractivity contribution is 0.0931. The molecule has 0 fully saturated rings. The van der Waals surface area contributed by atoms with E-state index in [4.69, 9.17) is 23.2 Å². The molecule has 2 aromatic carbocycles. The molecule has 1 N–H and O–H groups in total. The van der Waals surface area contributed by atoms with Crippen molar-refractivity contribution in [2.24, 2.45) is 7.05 Å². The Bertz CT molecular complexity index is 1370. The molecule has 172 valence electrons. The monoisotopic (exact) mass is 506 g/mol. The van der Waals surface area contributed by atoms with Gasteiger partial charge in [0, 0.05) is 25.4 Å². The average molecular weight is 507 g/mol. The van der Waals surface area contributed by atoms with Crippen LogP contribution >= 0.6 is 23.2 Å². The molecular weight excluding hydrogens is 487 g/mol. The lowest BCUT2D eigenvalue weighted by Crippen LogP contribution is -2.41. The van der Waals surface area contributed by atoms with E-state index in [2.05, 4.69) is 10.4 Å². The molecule has 0 saturated carbocycles. The number of rotatable bonds is 4. The minimum Gasteiger partial charge on any atom is -0.343 e. The third-order valence-electron chi connectivity index (χ3n) is 5.47. The predicted molar refractivity (Wildman–Crippen MR) is 126 cm³/mol. The molecular formula is C22H20Cl2N4O4S. The van der Waals surface area contributed by atoms with Gasteiger partial charge in [0.05, 0.1) is 44.1 Å². The van der Waals surface area contributed by atoms with Gasteiger partial charge in [-0.25, -0.2) is 8.42 Å². The van der Waals surface area contributed by atoms with Gasteiger partial charge in [-0.15, -0.1) is 0 Å². The van der Waals surface area contributed by atoms with Gasteiger partial charge in [0.25, 0.3) is 11.8 Å². The normalized spacial score (nSPS) is 15.8. The van der Waals surface area contributed by atoms with Gasteiger partial charge in [0.2, 0.25) is 0 Å². The van der Waals surface area contributed by atoms with E-state index >= 15 is 0 Å². The molecule has 1 aliphatic heterocycles. The fourth-order valence-electron chi connectivity index (χ4n) is 3.87. The number of halogens is 2. The van der Waals surface area contributed by atoms with E-state index in [-0.39, 0.29) is 27.3 Å². The number of fused-ring (bicyclic) bond motifs is 1. The highest BCUT2D eigenvalue weighted by molar-refractivity contribution is 7.90. The first-order valence-electron chi connectivity index (χ1n) is 9.96. The minimum atomic E-state index is -3.61. The van der Waals surface area contributed by atoms with Crippen LogP contribution in [0, 0.1) is 0 Å². The molecule has 1 aliphatic rings. The Morgan fingerprint density at radius 1 is 1.12 bits per heavy atom. The Morgan fingerprint density at radius 3 is 2.55 bits per heavy atom. The maximum absolute atomic E-state index is 13.3. The Morgan fingerprint density at radius 2 is 1.85 bits per heavy atom. The van der Waals surface area contributed by atoms with Gasteiger partial charge in [-0.3, -0.25) is 14.3 Å². The number of aromatic nitrogens is 2. The van der Waals surface area contributed by atoms with Gasteiger partial charge in [-0.1, -0.05) is 35.3 Å². The van der Waals surface area contributed by atoms with Crippen molar-refractivity contribution in [3.8, 4) is 0 Å². The zero-order chi connectivity index (χ0) is 23.9.